The van der Waals surface area contributed by atoms with Crippen LogP contribution < -0.4 is 0 Å². The van der Waals surface area contributed by atoms with Gasteiger partial charge in [0.05, 0.1) is 0 Å². The molecule has 6 heteroatoms. The van der Waals surface area contributed by atoms with Crippen molar-refractivity contribution in [2.75, 3.05) is 0 Å². The standard InChI is InChI=1S/5C2H6.19CH4.6Co.8H2/c5*1-2;;;;;;;;;;;;;;;;;;;;;;;;;;;;;;;;;/h5*1-2H3;19*1H4;;;;;;;8*1H/q;;;;;;;;;;;;;;;;;;;;;;;;;;;2*+2;+3;;;;;;;;/p+2. The van der Waals surface area contributed by atoms with E-state index in [0.717, 1.165) is 0 Å². The maximum atomic E-state index is 2.00. The molecular formula is C29H124Co6+9. The maximum absolute atomic E-state index is 2.00. The first-order valence-corrected chi connectivity index (χ1v) is 5.00. The Labute approximate surface area is 323 Å². The van der Waals surface area contributed by atoms with Gasteiger partial charge in [0.15, 0.2) is 0 Å². The first-order valence-electron chi connectivity index (χ1n) is 5.00. The Morgan fingerprint density at radius 1 is 0.229 bits per heavy atom. The summed E-state index contributed by atoms with van der Waals surface area (Å²) in [5.74, 6) is 0. The van der Waals surface area contributed by atoms with Gasteiger partial charge in [0.2, 0.25) is 0 Å². The fraction of sp³-hybridized carbons (Fsp3) is 1.00. The largest absolute Gasteiger partial charge is 3.00 e. The van der Waals surface area contributed by atoms with Crippen molar-refractivity contribution in [1.82, 2.24) is 0 Å². The molecule has 5 radical (unpaired) electrons. The topological polar surface area (TPSA) is 0 Å². The Morgan fingerprint density at radius 2 is 0.229 bits per heavy atom. The summed E-state index contributed by atoms with van der Waals surface area (Å²) in [5.41, 5.74) is 0. The second-order valence-electron chi connectivity index (χ2n) is 0. The molecule has 0 amide bonds. The van der Waals surface area contributed by atoms with Gasteiger partial charge < -0.3 is 0 Å². The van der Waals surface area contributed by atoms with Gasteiger partial charge in [0.1, 0.15) is 0 Å². The third kappa shape index (κ3) is 4920. The van der Waals surface area contributed by atoms with Gasteiger partial charge in [-0.15, -0.1) is 0 Å². The fourth-order valence-electron chi connectivity index (χ4n) is 0. The normalized spacial score (nSPS) is 0.857. The summed E-state index contributed by atoms with van der Waals surface area (Å²) >= 11 is 0. The van der Waals surface area contributed by atoms with E-state index < -0.39 is 0 Å². The van der Waals surface area contributed by atoms with E-state index in [1.54, 1.807) is 0 Å². The molecule has 0 aliphatic heterocycles. The van der Waals surface area contributed by atoms with Gasteiger partial charge in [-0.25, -0.2) is 0 Å². The molecule has 0 rings (SSSR count). The van der Waals surface area contributed by atoms with Crippen LogP contribution in [0.5, 0.6) is 0 Å². The Morgan fingerprint density at radius 3 is 0.229 bits per heavy atom. The van der Waals surface area contributed by atoms with E-state index in [2.05, 4.69) is 0 Å². The molecule has 0 nitrogen and oxygen atoms in total. The molecule has 0 aromatic rings. The van der Waals surface area contributed by atoms with E-state index in [1.165, 1.54) is 0 Å². The Bertz CT molecular complexity index is 57.5. The Balaban J connectivity index is -0.000000000153. The van der Waals surface area contributed by atoms with Gasteiger partial charge in [-0.1, -0.05) is 210 Å². The van der Waals surface area contributed by atoms with Crippen LogP contribution in [0.3, 0.4) is 0 Å². The predicted octanol–water partition coefficient (Wildman–Crippen LogP) is 19.4. The molecule has 0 aromatic heterocycles. The van der Waals surface area contributed by atoms with Crippen molar-refractivity contribution < 1.29 is 115 Å². The molecule has 0 atom stereocenters. The van der Waals surface area contributed by atoms with Crippen LogP contribution in [0, 0.1) is 0 Å². The zero-order chi connectivity index (χ0) is 10.0. The summed E-state index contributed by atoms with van der Waals surface area (Å²) in [6, 6.07) is 0. The van der Waals surface area contributed by atoms with Crippen LogP contribution in [0.1, 0.15) is 225 Å². The summed E-state index contributed by atoms with van der Waals surface area (Å²) in [5, 5.41) is 0. The Kier molecular flexibility index (Phi) is 120000. The van der Waals surface area contributed by atoms with Crippen molar-refractivity contribution in [3.8, 4) is 0 Å². The third-order valence-corrected chi connectivity index (χ3v) is 0. The molecule has 0 N–H and O–H groups in total. The average Bonchev–Trinajstić information content (AvgIpc) is 2.20. The summed E-state index contributed by atoms with van der Waals surface area (Å²) in [4.78, 5) is 0. The molecular weight excluding hydrogens is 702 g/mol. The van der Waals surface area contributed by atoms with Gasteiger partial charge in [0, 0.05) is 61.7 Å². The second-order valence-corrected chi connectivity index (χ2v) is 0. The molecule has 285 valence electrons. The summed E-state index contributed by atoms with van der Waals surface area (Å²) in [7, 11) is 0. The summed E-state index contributed by atoms with van der Waals surface area (Å²) in [6.45, 7) is 20.0. The molecule has 0 fully saturated rings. The third-order valence-electron chi connectivity index (χ3n) is 0. The fourth-order valence-corrected chi connectivity index (χ4v) is 0. The van der Waals surface area contributed by atoms with Crippen LogP contribution in [0.15, 0.2) is 0 Å². The smallest absolute Gasteiger partial charge is 0.0776 e. The number of rotatable bonds is 0. The van der Waals surface area contributed by atoms with E-state index in [1.807, 2.05) is 69.2 Å². The van der Waals surface area contributed by atoms with Gasteiger partial charge in [-0.05, 0) is 0 Å². The van der Waals surface area contributed by atoms with Crippen LogP contribution in [0.25, 0.3) is 0 Å². The first kappa shape index (κ1) is 808. The van der Waals surface area contributed by atoms with Gasteiger partial charge in [-0.3, -0.25) is 0 Å². The van der Waals surface area contributed by atoms with E-state index in [9.17, 15) is 0 Å². The van der Waals surface area contributed by atoms with Crippen molar-refractivity contribution in [2.24, 2.45) is 0 Å². The van der Waals surface area contributed by atoms with Crippen molar-refractivity contribution in [2.45, 2.75) is 210 Å². The molecule has 0 saturated heterocycles. The molecule has 0 saturated carbocycles. The average molecular weight is 827 g/mol. The minimum absolute atomic E-state index is 0. The molecule has 0 aliphatic rings. The summed E-state index contributed by atoms with van der Waals surface area (Å²) in [6.07, 6.45) is 0. The molecule has 35 heavy (non-hydrogen) atoms. The monoisotopic (exact) mass is 827 g/mol. The zero-order valence-electron chi connectivity index (χ0n) is 14.0. The summed E-state index contributed by atoms with van der Waals surface area (Å²) < 4.78 is 0. The van der Waals surface area contributed by atoms with E-state index in [-0.39, 0.29) is 256 Å². The van der Waals surface area contributed by atoms with Crippen molar-refractivity contribution in [3.05, 3.63) is 0 Å². The van der Waals surface area contributed by atoms with Crippen LogP contribution >= 0.6 is 0 Å². The second kappa shape index (κ2) is 5210. The minimum atomic E-state index is 0. The quantitative estimate of drug-likeness (QED) is 0.228. The van der Waals surface area contributed by atoms with E-state index in [4.69, 9.17) is 0 Å². The first-order chi connectivity index (χ1) is 5.00. The van der Waals surface area contributed by atoms with Gasteiger partial charge in [0.25, 0.3) is 0 Å². The minimum Gasteiger partial charge on any atom is -0.0776 e. The molecule has 0 spiro atoms. The SMILES string of the molecule is C.C.C.C.C.C.C.C.C.C.C.C.C.C.C.C.C.C.C.CC.CC.CC.CC.CC.[Co+2].[Co+2].[Co+3].[Co].[Co].[Co].[H+].[H+].[HH].[HH].[HH].[HH].[HH].[HH].[HH].[HH]. The van der Waals surface area contributed by atoms with Crippen LogP contribution in [-0.4, -0.2) is 0 Å². The predicted molar refractivity (Wildman–Crippen MR) is 204 cm³/mol. The van der Waals surface area contributed by atoms with Crippen LogP contribution in [0.4, 0.5) is 0 Å². The van der Waals surface area contributed by atoms with E-state index >= 15 is 0 Å². The molecule has 0 heterocycles. The molecule has 0 aromatic carbocycles. The molecule has 0 aliphatic carbocycles. The van der Waals surface area contributed by atoms with E-state index in [0.29, 0.717) is 0 Å². The van der Waals surface area contributed by atoms with Crippen molar-refractivity contribution in [1.29, 1.82) is 0 Å². The zero-order valence-corrected chi connectivity index (χ0v) is 18.2. The van der Waals surface area contributed by atoms with Crippen molar-refractivity contribution in [3.63, 3.8) is 0 Å². The molecule has 0 unspecified atom stereocenters. The maximum Gasteiger partial charge on any atom is 3.00 e. The van der Waals surface area contributed by atoms with Crippen molar-refractivity contribution >= 4 is 0 Å². The van der Waals surface area contributed by atoms with Crippen LogP contribution in [-0.2, 0) is 101 Å². The Hall–Kier alpha value is 3.04. The number of hydrogen-bond acceptors (Lipinski definition) is 0. The van der Waals surface area contributed by atoms with Gasteiger partial charge >= 0.3 is 53.2 Å². The van der Waals surface area contributed by atoms with Gasteiger partial charge in [-0.2, -0.15) is 0 Å². The molecule has 0 bridgehead atoms. The van der Waals surface area contributed by atoms with Crippen LogP contribution in [0.2, 0.25) is 0 Å². The number of hydrogen-bond donors (Lipinski definition) is 0.